The van der Waals surface area contributed by atoms with Crippen LogP contribution >= 0.6 is 0 Å². The topological polar surface area (TPSA) is 61.4 Å². The molecule has 0 aromatic carbocycles. The van der Waals surface area contributed by atoms with Crippen molar-refractivity contribution in [3.8, 4) is 0 Å². The number of hydrogen-bond acceptors (Lipinski definition) is 3. The maximum atomic E-state index is 9.70. The highest BCUT2D eigenvalue weighted by molar-refractivity contribution is 5.68. The molecule has 4 nitrogen and oxygen atoms in total. The Morgan fingerprint density at radius 2 is 1.42 bits per heavy atom. The monoisotopic (exact) mass is 174 g/mol. The summed E-state index contributed by atoms with van der Waals surface area (Å²) in [6.07, 6.45) is 0. The van der Waals surface area contributed by atoms with Gasteiger partial charge < -0.3 is 15.7 Å². The third-order valence-corrected chi connectivity index (χ3v) is 1.45. The van der Waals surface area contributed by atoms with E-state index in [1.807, 2.05) is 0 Å². The van der Waals surface area contributed by atoms with Crippen LogP contribution in [0.25, 0.3) is 0 Å². The predicted molar refractivity (Wildman–Crippen MR) is 48.2 cm³/mol. The lowest BCUT2D eigenvalue weighted by Gasteiger charge is -2.11. The molecular formula is C8H18N2O2. The van der Waals surface area contributed by atoms with Crippen molar-refractivity contribution in [1.29, 1.82) is 0 Å². The van der Waals surface area contributed by atoms with Gasteiger partial charge in [-0.25, -0.2) is 0 Å². The molecule has 1 saturated heterocycles. The summed E-state index contributed by atoms with van der Waals surface area (Å²) in [4.78, 5) is 9.70. The van der Waals surface area contributed by atoms with E-state index in [1.165, 1.54) is 0 Å². The number of carboxylic acid groups (broad SMARTS) is 1. The van der Waals surface area contributed by atoms with Crippen LogP contribution in [0.15, 0.2) is 0 Å². The van der Waals surface area contributed by atoms with Crippen molar-refractivity contribution < 1.29 is 9.90 Å². The van der Waals surface area contributed by atoms with Crippen LogP contribution in [0.4, 0.5) is 0 Å². The predicted octanol–water partition coefficient (Wildman–Crippen LogP) is -0.0938. The molecule has 0 aromatic rings. The number of carbonyl (C=O) groups is 1. The van der Waals surface area contributed by atoms with Crippen LogP contribution in [-0.2, 0) is 4.79 Å². The van der Waals surface area contributed by atoms with Gasteiger partial charge in [-0.2, -0.15) is 0 Å². The van der Waals surface area contributed by atoms with Gasteiger partial charge in [-0.15, -0.1) is 0 Å². The number of carboxylic acids is 1. The molecule has 0 bridgehead atoms. The minimum atomic E-state index is -0.741. The highest BCUT2D eigenvalue weighted by Gasteiger charge is 1.99. The normalized spacial score (nSPS) is 16.6. The molecule has 0 aromatic heterocycles. The zero-order valence-corrected chi connectivity index (χ0v) is 7.76. The van der Waals surface area contributed by atoms with E-state index in [2.05, 4.69) is 10.6 Å². The summed E-state index contributed by atoms with van der Waals surface area (Å²) in [5, 5.41) is 14.4. The maximum Gasteiger partial charge on any atom is 0.305 e. The van der Waals surface area contributed by atoms with Crippen LogP contribution in [0.2, 0.25) is 0 Å². The summed E-state index contributed by atoms with van der Waals surface area (Å²) in [5.74, 6) is -0.972. The third-order valence-electron chi connectivity index (χ3n) is 1.45. The average molecular weight is 174 g/mol. The van der Waals surface area contributed by atoms with Crippen molar-refractivity contribution in [3.63, 3.8) is 0 Å². The summed E-state index contributed by atoms with van der Waals surface area (Å²) < 4.78 is 0. The molecule has 12 heavy (non-hydrogen) atoms. The first kappa shape index (κ1) is 11.4. The Labute approximate surface area is 73.3 Å². The third kappa shape index (κ3) is 7.50. The van der Waals surface area contributed by atoms with Gasteiger partial charge in [-0.1, -0.05) is 13.8 Å². The molecule has 1 rings (SSSR count). The Morgan fingerprint density at radius 3 is 1.50 bits per heavy atom. The summed E-state index contributed by atoms with van der Waals surface area (Å²) in [6.45, 7) is 7.84. The first-order valence-electron chi connectivity index (χ1n) is 4.29. The number of piperazine rings is 1. The zero-order chi connectivity index (χ0) is 9.40. The molecule has 0 amide bonds. The Hall–Kier alpha value is -0.610. The fraction of sp³-hybridized carbons (Fsp3) is 0.875. The van der Waals surface area contributed by atoms with Gasteiger partial charge in [0.15, 0.2) is 0 Å². The van der Waals surface area contributed by atoms with E-state index in [1.54, 1.807) is 13.8 Å². The fourth-order valence-corrected chi connectivity index (χ4v) is 0.604. The van der Waals surface area contributed by atoms with Crippen LogP contribution in [0.1, 0.15) is 13.8 Å². The maximum absolute atomic E-state index is 9.70. The van der Waals surface area contributed by atoms with Crippen molar-refractivity contribution in [2.24, 2.45) is 5.92 Å². The molecule has 3 N–H and O–H groups in total. The van der Waals surface area contributed by atoms with Gasteiger partial charge in [0.1, 0.15) is 0 Å². The molecule has 0 unspecified atom stereocenters. The molecule has 0 radical (unpaired) electrons. The largest absolute Gasteiger partial charge is 0.481 e. The van der Waals surface area contributed by atoms with E-state index in [0.717, 1.165) is 26.2 Å². The van der Waals surface area contributed by atoms with E-state index in [0.29, 0.717) is 0 Å². The number of aliphatic carboxylic acids is 1. The van der Waals surface area contributed by atoms with Crippen molar-refractivity contribution >= 4 is 5.97 Å². The molecule has 0 aliphatic carbocycles. The summed E-state index contributed by atoms with van der Waals surface area (Å²) in [7, 11) is 0. The number of hydrogen-bond donors (Lipinski definition) is 3. The molecule has 1 heterocycles. The fourth-order valence-electron chi connectivity index (χ4n) is 0.604. The first-order chi connectivity index (χ1) is 5.64. The van der Waals surface area contributed by atoms with Crippen LogP contribution in [0, 0.1) is 5.92 Å². The van der Waals surface area contributed by atoms with Gasteiger partial charge in [0.05, 0.1) is 5.92 Å². The smallest absolute Gasteiger partial charge is 0.305 e. The van der Waals surface area contributed by atoms with Crippen LogP contribution in [-0.4, -0.2) is 37.3 Å². The lowest BCUT2D eigenvalue weighted by Crippen LogP contribution is -2.39. The van der Waals surface area contributed by atoms with E-state index >= 15 is 0 Å². The van der Waals surface area contributed by atoms with Crippen LogP contribution in [0.3, 0.4) is 0 Å². The second-order valence-electron chi connectivity index (χ2n) is 2.99. The lowest BCUT2D eigenvalue weighted by molar-refractivity contribution is -0.140. The molecule has 0 atom stereocenters. The molecule has 0 saturated carbocycles. The molecule has 4 heteroatoms. The Morgan fingerprint density at radius 1 is 1.17 bits per heavy atom. The minimum Gasteiger partial charge on any atom is -0.481 e. The van der Waals surface area contributed by atoms with E-state index < -0.39 is 5.97 Å². The van der Waals surface area contributed by atoms with Crippen molar-refractivity contribution in [2.75, 3.05) is 26.2 Å². The first-order valence-corrected chi connectivity index (χ1v) is 4.29. The molecular weight excluding hydrogens is 156 g/mol. The van der Waals surface area contributed by atoms with Crippen molar-refractivity contribution in [2.45, 2.75) is 13.8 Å². The SMILES string of the molecule is C1CNCCN1.CC(C)C(=O)O. The van der Waals surface area contributed by atoms with Gasteiger partial charge >= 0.3 is 5.97 Å². The molecule has 1 fully saturated rings. The average Bonchev–Trinajstić information content (AvgIpc) is 2.08. The van der Waals surface area contributed by atoms with Gasteiger partial charge in [-0.3, -0.25) is 4.79 Å². The second-order valence-corrected chi connectivity index (χ2v) is 2.99. The van der Waals surface area contributed by atoms with Crippen LogP contribution in [0.5, 0.6) is 0 Å². The standard InChI is InChI=1S/C4H10N2.C4H8O2/c1-2-6-4-3-5-1;1-3(2)4(5)6/h5-6H,1-4H2;3H,1-2H3,(H,5,6). The highest BCUT2D eigenvalue weighted by atomic mass is 16.4. The number of nitrogens with one attached hydrogen (secondary N) is 2. The van der Waals surface area contributed by atoms with Crippen LogP contribution < -0.4 is 10.6 Å². The summed E-state index contributed by atoms with van der Waals surface area (Å²) in [6, 6.07) is 0. The molecule has 1 aliphatic heterocycles. The summed E-state index contributed by atoms with van der Waals surface area (Å²) in [5.41, 5.74) is 0. The van der Waals surface area contributed by atoms with Gasteiger partial charge in [-0.05, 0) is 0 Å². The summed E-state index contributed by atoms with van der Waals surface area (Å²) >= 11 is 0. The van der Waals surface area contributed by atoms with E-state index in [4.69, 9.17) is 5.11 Å². The zero-order valence-electron chi connectivity index (χ0n) is 7.76. The highest BCUT2D eigenvalue weighted by Crippen LogP contribution is 1.87. The Balaban J connectivity index is 0.000000202. The minimum absolute atomic E-state index is 0.231. The molecule has 1 aliphatic rings. The molecule has 72 valence electrons. The van der Waals surface area contributed by atoms with Crippen molar-refractivity contribution in [3.05, 3.63) is 0 Å². The van der Waals surface area contributed by atoms with Gasteiger partial charge in [0, 0.05) is 26.2 Å². The van der Waals surface area contributed by atoms with Crippen molar-refractivity contribution in [1.82, 2.24) is 10.6 Å². The molecule has 0 spiro atoms. The lowest BCUT2D eigenvalue weighted by atomic mass is 10.2. The van der Waals surface area contributed by atoms with Gasteiger partial charge in [0.25, 0.3) is 0 Å². The van der Waals surface area contributed by atoms with E-state index in [9.17, 15) is 4.79 Å². The van der Waals surface area contributed by atoms with Gasteiger partial charge in [0.2, 0.25) is 0 Å². The Bertz CT molecular complexity index is 111. The number of rotatable bonds is 1. The van der Waals surface area contributed by atoms with E-state index in [-0.39, 0.29) is 5.92 Å². The quantitative estimate of drug-likeness (QED) is 0.520. The Kier molecular flexibility index (Phi) is 6.70. The second kappa shape index (κ2) is 7.06.